The highest BCUT2D eigenvalue weighted by Gasteiger charge is 2.17. The lowest BCUT2D eigenvalue weighted by Crippen LogP contribution is -2.32. The van der Waals surface area contributed by atoms with Crippen LogP contribution in [0.5, 0.6) is 0 Å². The van der Waals surface area contributed by atoms with Crippen molar-refractivity contribution in [2.24, 2.45) is 0 Å². The molecule has 1 aromatic rings. The Balaban J connectivity index is 1.88. The van der Waals surface area contributed by atoms with E-state index in [1.807, 2.05) is 0 Å². The lowest BCUT2D eigenvalue weighted by molar-refractivity contribution is -0.144. The number of nitrogens with zero attached hydrogens (tertiary/aromatic N) is 1. The first-order chi connectivity index (χ1) is 13.6. The van der Waals surface area contributed by atoms with Gasteiger partial charge in [0.2, 0.25) is 0 Å². The maximum absolute atomic E-state index is 12.0. The van der Waals surface area contributed by atoms with Crippen LogP contribution in [0.15, 0.2) is 22.8 Å². The number of furan rings is 1. The number of esters is 1. The number of amides is 1. The molecule has 0 saturated carbocycles. The number of hydrogen-bond acceptors (Lipinski definition) is 4. The van der Waals surface area contributed by atoms with Gasteiger partial charge in [-0.3, -0.25) is 9.59 Å². The molecule has 1 rings (SSSR count). The van der Waals surface area contributed by atoms with Gasteiger partial charge < -0.3 is 14.1 Å². The third kappa shape index (κ3) is 11.8. The molecule has 5 nitrogen and oxygen atoms in total. The number of hydrogen-bond donors (Lipinski definition) is 0. The van der Waals surface area contributed by atoms with Crippen LogP contribution in [-0.2, 0) is 9.53 Å². The van der Waals surface area contributed by atoms with E-state index >= 15 is 0 Å². The zero-order valence-electron chi connectivity index (χ0n) is 17.9. The fraction of sp³-hybridized carbons (Fsp3) is 0.739. The Morgan fingerprint density at radius 3 is 1.93 bits per heavy atom. The summed E-state index contributed by atoms with van der Waals surface area (Å²) in [5, 5.41) is 0. The molecular formula is C23H39NO4. The minimum atomic E-state index is -0.374. The summed E-state index contributed by atoms with van der Waals surface area (Å²) >= 11 is 0. The van der Waals surface area contributed by atoms with E-state index in [1.54, 1.807) is 19.2 Å². The molecule has 1 amide bonds. The Morgan fingerprint density at radius 2 is 1.43 bits per heavy atom. The quantitative estimate of drug-likeness (QED) is 0.241. The largest absolute Gasteiger partial charge is 0.464 e. The fourth-order valence-corrected chi connectivity index (χ4v) is 3.21. The Morgan fingerprint density at radius 1 is 0.893 bits per heavy atom. The van der Waals surface area contributed by atoms with Crippen molar-refractivity contribution in [3.63, 3.8) is 0 Å². The van der Waals surface area contributed by atoms with Crippen molar-refractivity contribution in [2.75, 3.05) is 20.2 Å². The minimum Gasteiger partial charge on any atom is -0.464 e. The van der Waals surface area contributed by atoms with Crippen molar-refractivity contribution in [1.82, 2.24) is 4.90 Å². The Hall–Kier alpha value is -1.78. The first-order valence-electron chi connectivity index (χ1n) is 11.1. The number of ether oxygens (including phenoxy) is 1. The lowest BCUT2D eigenvalue weighted by atomic mass is 10.0. The van der Waals surface area contributed by atoms with E-state index in [2.05, 4.69) is 6.92 Å². The average Bonchev–Trinajstić information content (AvgIpc) is 3.22. The third-order valence-corrected chi connectivity index (χ3v) is 4.96. The van der Waals surface area contributed by atoms with Gasteiger partial charge in [-0.05, 0) is 18.6 Å². The molecular weight excluding hydrogens is 354 g/mol. The second-order valence-corrected chi connectivity index (χ2v) is 7.60. The van der Waals surface area contributed by atoms with Crippen molar-refractivity contribution < 1.29 is 18.7 Å². The monoisotopic (exact) mass is 393 g/mol. The predicted molar refractivity (Wildman–Crippen MR) is 112 cm³/mol. The minimum absolute atomic E-state index is 0.0576. The van der Waals surface area contributed by atoms with Gasteiger partial charge in [-0.25, -0.2) is 0 Å². The first kappa shape index (κ1) is 24.3. The predicted octanol–water partition coefficient (Wildman–Crippen LogP) is 5.99. The second-order valence-electron chi connectivity index (χ2n) is 7.60. The van der Waals surface area contributed by atoms with Crippen LogP contribution in [0.4, 0.5) is 0 Å². The number of likely N-dealkylation sites (N-methyl/N-ethyl adjacent to an activating group) is 1. The van der Waals surface area contributed by atoms with Gasteiger partial charge in [-0.1, -0.05) is 84.0 Å². The molecule has 1 aromatic heterocycles. The molecule has 0 aliphatic carbocycles. The van der Waals surface area contributed by atoms with Gasteiger partial charge >= 0.3 is 5.97 Å². The molecule has 0 radical (unpaired) electrons. The zero-order chi connectivity index (χ0) is 20.5. The van der Waals surface area contributed by atoms with Crippen LogP contribution in [-0.4, -0.2) is 37.0 Å². The molecule has 5 heteroatoms. The van der Waals surface area contributed by atoms with Crippen LogP contribution in [0, 0.1) is 0 Å². The van der Waals surface area contributed by atoms with Crippen LogP contribution in [0.1, 0.15) is 101 Å². The van der Waals surface area contributed by atoms with E-state index in [0.29, 0.717) is 6.61 Å². The summed E-state index contributed by atoms with van der Waals surface area (Å²) in [6, 6.07) is 3.23. The van der Waals surface area contributed by atoms with Crippen LogP contribution in [0.3, 0.4) is 0 Å². The summed E-state index contributed by atoms with van der Waals surface area (Å²) in [4.78, 5) is 25.1. The summed E-state index contributed by atoms with van der Waals surface area (Å²) in [6.45, 7) is 2.63. The van der Waals surface area contributed by atoms with Gasteiger partial charge in [-0.15, -0.1) is 0 Å². The fourth-order valence-electron chi connectivity index (χ4n) is 3.21. The van der Waals surface area contributed by atoms with Crippen molar-refractivity contribution in [3.05, 3.63) is 24.2 Å². The first-order valence-corrected chi connectivity index (χ1v) is 11.1. The van der Waals surface area contributed by atoms with Crippen LogP contribution >= 0.6 is 0 Å². The van der Waals surface area contributed by atoms with Gasteiger partial charge in [0.05, 0.1) is 12.9 Å². The number of rotatable bonds is 17. The van der Waals surface area contributed by atoms with E-state index in [9.17, 15) is 9.59 Å². The molecule has 0 bridgehead atoms. The van der Waals surface area contributed by atoms with Crippen LogP contribution in [0.2, 0.25) is 0 Å². The van der Waals surface area contributed by atoms with Crippen molar-refractivity contribution in [2.45, 2.75) is 90.4 Å². The standard InChI is InChI=1S/C23H39NO4/c1-3-4-5-6-7-8-9-10-11-12-13-14-15-18-28-22(25)20-24(2)23(26)21-17-16-19-27-21/h16-17,19H,3-15,18,20H2,1-2H3. The van der Waals surface area contributed by atoms with Gasteiger partial charge in [0.25, 0.3) is 5.91 Å². The van der Waals surface area contributed by atoms with E-state index in [-0.39, 0.29) is 24.2 Å². The molecule has 0 spiro atoms. The molecule has 0 atom stereocenters. The molecule has 0 aromatic carbocycles. The molecule has 1 heterocycles. The Bertz CT molecular complexity index is 513. The summed E-state index contributed by atoms with van der Waals surface area (Å²) in [5.74, 6) is -0.462. The highest BCUT2D eigenvalue weighted by Crippen LogP contribution is 2.12. The average molecular weight is 394 g/mol. The topological polar surface area (TPSA) is 59.8 Å². The highest BCUT2D eigenvalue weighted by molar-refractivity contribution is 5.93. The summed E-state index contributed by atoms with van der Waals surface area (Å²) in [7, 11) is 1.57. The van der Waals surface area contributed by atoms with Crippen LogP contribution in [0.25, 0.3) is 0 Å². The summed E-state index contributed by atoms with van der Waals surface area (Å²) in [5.41, 5.74) is 0. The normalized spacial score (nSPS) is 10.8. The maximum Gasteiger partial charge on any atom is 0.325 e. The molecule has 28 heavy (non-hydrogen) atoms. The van der Waals surface area contributed by atoms with Crippen molar-refractivity contribution >= 4 is 11.9 Å². The lowest BCUT2D eigenvalue weighted by Gasteiger charge is -2.14. The number of carbonyl (C=O) groups excluding carboxylic acids is 2. The second kappa shape index (κ2) is 16.2. The van der Waals surface area contributed by atoms with E-state index in [1.165, 1.54) is 81.8 Å². The van der Waals surface area contributed by atoms with E-state index in [0.717, 1.165) is 12.8 Å². The molecule has 0 aliphatic rings. The summed E-state index contributed by atoms with van der Waals surface area (Å²) in [6.07, 6.45) is 18.2. The van der Waals surface area contributed by atoms with Crippen LogP contribution < -0.4 is 0 Å². The van der Waals surface area contributed by atoms with E-state index < -0.39 is 0 Å². The molecule has 0 fully saturated rings. The SMILES string of the molecule is CCCCCCCCCCCCCCCOC(=O)CN(C)C(=O)c1ccco1. The van der Waals surface area contributed by atoms with Crippen molar-refractivity contribution in [3.8, 4) is 0 Å². The Kier molecular flexibility index (Phi) is 14.0. The molecule has 0 unspecified atom stereocenters. The van der Waals surface area contributed by atoms with Crippen molar-refractivity contribution in [1.29, 1.82) is 0 Å². The molecule has 0 aliphatic heterocycles. The van der Waals surface area contributed by atoms with Gasteiger partial charge in [0, 0.05) is 7.05 Å². The Labute approximate surface area is 170 Å². The smallest absolute Gasteiger partial charge is 0.325 e. The summed E-state index contributed by atoms with van der Waals surface area (Å²) < 4.78 is 10.3. The van der Waals surface area contributed by atoms with Gasteiger partial charge in [0.15, 0.2) is 5.76 Å². The third-order valence-electron chi connectivity index (χ3n) is 4.96. The van der Waals surface area contributed by atoms with Gasteiger partial charge in [-0.2, -0.15) is 0 Å². The highest BCUT2D eigenvalue weighted by atomic mass is 16.5. The van der Waals surface area contributed by atoms with Gasteiger partial charge in [0.1, 0.15) is 6.54 Å². The number of unbranched alkanes of at least 4 members (excludes halogenated alkanes) is 12. The molecule has 0 N–H and O–H groups in total. The number of carbonyl (C=O) groups is 2. The zero-order valence-corrected chi connectivity index (χ0v) is 17.9. The molecule has 160 valence electrons. The molecule has 0 saturated heterocycles. The maximum atomic E-state index is 12.0. The van der Waals surface area contributed by atoms with E-state index in [4.69, 9.17) is 9.15 Å².